The van der Waals surface area contributed by atoms with Gasteiger partial charge in [-0.3, -0.25) is 4.79 Å². The maximum absolute atomic E-state index is 12.7. The Bertz CT molecular complexity index is 998. The van der Waals surface area contributed by atoms with Crippen LogP contribution in [0, 0.1) is 13.8 Å². The molecule has 1 aliphatic rings. The molecule has 0 aromatic heterocycles. The third kappa shape index (κ3) is 4.48. The maximum atomic E-state index is 12.7. The smallest absolute Gasteiger partial charge is 0.251 e. The van der Waals surface area contributed by atoms with Crippen LogP contribution in [-0.4, -0.2) is 31.7 Å². The van der Waals surface area contributed by atoms with Crippen LogP contribution in [0.25, 0.3) is 0 Å². The van der Waals surface area contributed by atoms with Crippen molar-refractivity contribution in [2.45, 2.75) is 25.2 Å². The van der Waals surface area contributed by atoms with E-state index in [2.05, 4.69) is 21.2 Å². The lowest BCUT2D eigenvalue weighted by atomic mass is 10.1. The van der Waals surface area contributed by atoms with Crippen molar-refractivity contribution >= 4 is 37.5 Å². The average Bonchev–Trinajstić information content (AvgIpc) is 2.64. The molecule has 1 aliphatic heterocycles. The number of amides is 1. The zero-order chi connectivity index (χ0) is 19.6. The molecule has 0 fully saturated rings. The van der Waals surface area contributed by atoms with Gasteiger partial charge < -0.3 is 5.32 Å². The van der Waals surface area contributed by atoms with Crippen molar-refractivity contribution in [3.63, 3.8) is 0 Å². The number of carbonyl (C=O) groups is 1. The Hall–Kier alpha value is -1.96. The number of anilines is 1. The van der Waals surface area contributed by atoms with Gasteiger partial charge in [-0.25, -0.2) is 8.42 Å². The predicted octanol–water partition coefficient (Wildman–Crippen LogP) is 4.03. The quantitative estimate of drug-likeness (QED) is 0.767. The molecule has 27 heavy (non-hydrogen) atoms. The molecule has 0 unspecified atom stereocenters. The zero-order valence-corrected chi connectivity index (χ0v) is 17.6. The summed E-state index contributed by atoms with van der Waals surface area (Å²) in [6.45, 7) is 4.42. The molecule has 142 valence electrons. The van der Waals surface area contributed by atoms with Gasteiger partial charge in [0.25, 0.3) is 5.91 Å². The van der Waals surface area contributed by atoms with Crippen LogP contribution in [-0.2, 0) is 14.8 Å². The molecule has 0 atom stereocenters. The van der Waals surface area contributed by atoms with Gasteiger partial charge in [0.15, 0.2) is 0 Å². The summed E-state index contributed by atoms with van der Waals surface area (Å²) in [4.78, 5) is 12.8. The molecule has 0 bridgehead atoms. The predicted molar refractivity (Wildman–Crippen MR) is 110 cm³/mol. The number of aryl methyl sites for hydroxylation is 2. The fraction of sp³-hybridized carbons (Fsp3) is 0.250. The van der Waals surface area contributed by atoms with Crippen LogP contribution in [0.5, 0.6) is 0 Å². The van der Waals surface area contributed by atoms with E-state index in [-0.39, 0.29) is 23.9 Å². The first-order valence-electron chi connectivity index (χ1n) is 8.61. The number of halogens is 1. The normalized spacial score (nSPS) is 15.3. The molecule has 1 heterocycles. The summed E-state index contributed by atoms with van der Waals surface area (Å²) >= 11 is 3.31. The second kappa shape index (κ2) is 7.96. The van der Waals surface area contributed by atoms with Crippen molar-refractivity contribution in [3.8, 4) is 0 Å². The van der Waals surface area contributed by atoms with Crippen molar-refractivity contribution in [1.82, 2.24) is 4.31 Å². The summed E-state index contributed by atoms with van der Waals surface area (Å²) in [5, 5.41) is 2.92. The molecule has 5 nitrogen and oxygen atoms in total. The zero-order valence-electron chi connectivity index (χ0n) is 15.2. The molecule has 1 N–H and O–H groups in total. The van der Waals surface area contributed by atoms with E-state index in [1.54, 1.807) is 30.3 Å². The number of hydrogen-bond donors (Lipinski definition) is 1. The number of nitrogens with zero attached hydrogens (tertiary/aromatic N) is 1. The van der Waals surface area contributed by atoms with E-state index in [4.69, 9.17) is 0 Å². The molecule has 0 radical (unpaired) electrons. The standard InChI is InChI=1S/C20H21BrN2O3S/c1-14-3-8-19(15(2)13-14)22-20(24)16-9-11-23(12-10-16)27(25,26)18-6-4-17(21)5-7-18/h3-9,13H,10-12H2,1-2H3,(H,22,24). The Morgan fingerprint density at radius 3 is 2.41 bits per heavy atom. The first-order chi connectivity index (χ1) is 12.8. The minimum atomic E-state index is -3.56. The molecule has 2 aromatic carbocycles. The van der Waals surface area contributed by atoms with E-state index in [9.17, 15) is 13.2 Å². The summed E-state index contributed by atoms with van der Waals surface area (Å²) in [5.41, 5.74) is 3.52. The molecule has 0 aliphatic carbocycles. The third-order valence-corrected chi connectivity index (χ3v) is 6.95. The number of hydrogen-bond acceptors (Lipinski definition) is 3. The number of benzene rings is 2. The van der Waals surface area contributed by atoms with Crippen molar-refractivity contribution < 1.29 is 13.2 Å². The molecule has 0 spiro atoms. The molecule has 0 saturated carbocycles. The summed E-state index contributed by atoms with van der Waals surface area (Å²) in [5.74, 6) is -0.178. The largest absolute Gasteiger partial charge is 0.322 e. The summed E-state index contributed by atoms with van der Waals surface area (Å²) in [6.07, 6.45) is 2.07. The minimum absolute atomic E-state index is 0.178. The van der Waals surface area contributed by atoms with E-state index < -0.39 is 10.0 Å². The molecule has 0 saturated heterocycles. The second-order valence-corrected chi connectivity index (χ2v) is 9.42. The highest BCUT2D eigenvalue weighted by Gasteiger charge is 2.27. The van der Waals surface area contributed by atoms with Crippen LogP contribution < -0.4 is 5.32 Å². The van der Waals surface area contributed by atoms with Gasteiger partial charge in [0, 0.05) is 28.8 Å². The van der Waals surface area contributed by atoms with Gasteiger partial charge in [-0.2, -0.15) is 4.31 Å². The topological polar surface area (TPSA) is 66.5 Å². The highest BCUT2D eigenvalue weighted by molar-refractivity contribution is 9.10. The minimum Gasteiger partial charge on any atom is -0.322 e. The van der Waals surface area contributed by atoms with Gasteiger partial charge in [0.2, 0.25) is 10.0 Å². The molecular formula is C20H21BrN2O3S. The third-order valence-electron chi connectivity index (χ3n) is 4.55. The van der Waals surface area contributed by atoms with Crippen LogP contribution >= 0.6 is 15.9 Å². The molecule has 7 heteroatoms. The number of rotatable bonds is 4. The van der Waals surface area contributed by atoms with Crippen molar-refractivity contribution in [2.24, 2.45) is 0 Å². The molecule has 3 rings (SSSR count). The van der Waals surface area contributed by atoms with E-state index in [1.165, 1.54) is 4.31 Å². The monoisotopic (exact) mass is 448 g/mol. The Morgan fingerprint density at radius 2 is 1.81 bits per heavy atom. The second-order valence-electron chi connectivity index (χ2n) is 6.57. The molecule has 1 amide bonds. The molecular weight excluding hydrogens is 428 g/mol. The highest BCUT2D eigenvalue weighted by atomic mass is 79.9. The SMILES string of the molecule is Cc1ccc(NC(=O)C2=CCN(S(=O)(=O)c3ccc(Br)cc3)CC2)c(C)c1. The lowest BCUT2D eigenvalue weighted by Gasteiger charge is -2.25. The lowest BCUT2D eigenvalue weighted by molar-refractivity contribution is -0.113. The Morgan fingerprint density at radius 1 is 1.11 bits per heavy atom. The van der Waals surface area contributed by atoms with E-state index in [1.807, 2.05) is 32.0 Å². The average molecular weight is 449 g/mol. The van der Waals surface area contributed by atoms with Crippen LogP contribution in [0.15, 0.2) is 63.5 Å². The number of nitrogens with one attached hydrogen (secondary N) is 1. The van der Waals surface area contributed by atoms with Gasteiger partial charge >= 0.3 is 0 Å². The fourth-order valence-corrected chi connectivity index (χ4v) is 4.63. The lowest BCUT2D eigenvalue weighted by Crippen LogP contribution is -2.36. The van der Waals surface area contributed by atoms with Crippen molar-refractivity contribution in [1.29, 1.82) is 0 Å². The van der Waals surface area contributed by atoms with Crippen LogP contribution in [0.2, 0.25) is 0 Å². The van der Waals surface area contributed by atoms with Crippen LogP contribution in [0.4, 0.5) is 5.69 Å². The Kier molecular flexibility index (Phi) is 5.83. The van der Waals surface area contributed by atoms with Gasteiger partial charge in [-0.1, -0.05) is 39.7 Å². The van der Waals surface area contributed by atoms with Crippen molar-refractivity contribution in [2.75, 3.05) is 18.4 Å². The summed E-state index contributed by atoms with van der Waals surface area (Å²) < 4.78 is 27.7. The Labute approximate surface area is 168 Å². The van der Waals surface area contributed by atoms with Crippen molar-refractivity contribution in [3.05, 3.63) is 69.7 Å². The maximum Gasteiger partial charge on any atom is 0.251 e. The molecule has 2 aromatic rings. The van der Waals surface area contributed by atoms with Gasteiger partial charge in [-0.05, 0) is 56.2 Å². The van der Waals surface area contributed by atoms with E-state index >= 15 is 0 Å². The van der Waals surface area contributed by atoms with Crippen LogP contribution in [0.3, 0.4) is 0 Å². The highest BCUT2D eigenvalue weighted by Crippen LogP contribution is 2.23. The van der Waals surface area contributed by atoms with Gasteiger partial charge in [-0.15, -0.1) is 0 Å². The van der Waals surface area contributed by atoms with Gasteiger partial charge in [0.1, 0.15) is 0 Å². The van der Waals surface area contributed by atoms with E-state index in [0.29, 0.717) is 12.0 Å². The van der Waals surface area contributed by atoms with Gasteiger partial charge in [0.05, 0.1) is 4.90 Å². The number of sulfonamides is 1. The Balaban J connectivity index is 1.70. The van der Waals surface area contributed by atoms with Crippen LogP contribution in [0.1, 0.15) is 17.5 Å². The van der Waals surface area contributed by atoms with E-state index in [0.717, 1.165) is 21.3 Å². The first-order valence-corrected chi connectivity index (χ1v) is 10.8. The fourth-order valence-electron chi connectivity index (χ4n) is 2.99. The first kappa shape index (κ1) is 19.8. The number of carbonyl (C=O) groups excluding carboxylic acids is 1. The summed E-state index contributed by atoms with van der Waals surface area (Å²) in [6, 6.07) is 12.4. The summed E-state index contributed by atoms with van der Waals surface area (Å²) in [7, 11) is -3.56.